The second-order valence-electron chi connectivity index (χ2n) is 4.86. The van der Waals surface area contributed by atoms with Crippen molar-refractivity contribution in [2.45, 2.75) is 51.5 Å². The number of hydrogen-bond acceptors (Lipinski definition) is 4. The molecule has 0 radical (unpaired) electrons. The maximum atomic E-state index is 4.63. The van der Waals surface area contributed by atoms with Crippen LogP contribution in [0.3, 0.4) is 0 Å². The van der Waals surface area contributed by atoms with Gasteiger partial charge in [-0.3, -0.25) is 0 Å². The summed E-state index contributed by atoms with van der Waals surface area (Å²) < 4.78 is 0. The Labute approximate surface area is 115 Å². The molecule has 1 rings (SSSR count). The van der Waals surface area contributed by atoms with Crippen LogP contribution in [-0.2, 0) is 12.2 Å². The minimum absolute atomic E-state index is 0.629. The van der Waals surface area contributed by atoms with Crippen molar-refractivity contribution >= 4 is 11.8 Å². The average Bonchev–Trinajstić information content (AvgIpc) is 2.30. The quantitative estimate of drug-likeness (QED) is 0.771. The molecule has 1 aromatic heterocycles. The SMILES string of the molecule is CNCCCc1c(C)nc(CSC(C)C)nc1C. The molecule has 4 heteroatoms. The molecule has 0 aliphatic carbocycles. The first-order valence-electron chi connectivity index (χ1n) is 6.63. The van der Waals surface area contributed by atoms with Gasteiger partial charge in [-0.2, -0.15) is 11.8 Å². The largest absolute Gasteiger partial charge is 0.320 e. The van der Waals surface area contributed by atoms with Crippen molar-refractivity contribution in [2.24, 2.45) is 0 Å². The van der Waals surface area contributed by atoms with E-state index in [-0.39, 0.29) is 0 Å². The molecule has 18 heavy (non-hydrogen) atoms. The zero-order chi connectivity index (χ0) is 13.5. The fourth-order valence-electron chi connectivity index (χ4n) is 1.92. The van der Waals surface area contributed by atoms with Gasteiger partial charge in [-0.25, -0.2) is 9.97 Å². The minimum Gasteiger partial charge on any atom is -0.320 e. The van der Waals surface area contributed by atoms with Crippen molar-refractivity contribution in [2.75, 3.05) is 13.6 Å². The van der Waals surface area contributed by atoms with E-state index in [9.17, 15) is 0 Å². The lowest BCUT2D eigenvalue weighted by Crippen LogP contribution is -2.11. The molecule has 3 nitrogen and oxygen atoms in total. The van der Waals surface area contributed by atoms with Crippen molar-refractivity contribution in [1.29, 1.82) is 0 Å². The highest BCUT2D eigenvalue weighted by Gasteiger charge is 2.08. The van der Waals surface area contributed by atoms with Crippen LogP contribution in [0.4, 0.5) is 0 Å². The predicted molar refractivity (Wildman–Crippen MR) is 80.2 cm³/mol. The van der Waals surface area contributed by atoms with E-state index in [1.165, 1.54) is 5.56 Å². The van der Waals surface area contributed by atoms with Crippen LogP contribution in [0.15, 0.2) is 0 Å². The van der Waals surface area contributed by atoms with Gasteiger partial charge in [0.1, 0.15) is 5.82 Å². The maximum absolute atomic E-state index is 4.63. The number of rotatable bonds is 7. The molecule has 0 aliphatic rings. The highest BCUT2D eigenvalue weighted by Crippen LogP contribution is 2.18. The molecular weight excluding hydrogens is 242 g/mol. The molecule has 0 spiro atoms. The second-order valence-corrected chi connectivity index (χ2v) is 6.42. The topological polar surface area (TPSA) is 37.8 Å². The van der Waals surface area contributed by atoms with Crippen molar-refractivity contribution in [3.05, 3.63) is 22.8 Å². The van der Waals surface area contributed by atoms with E-state index in [2.05, 4.69) is 43.0 Å². The first kappa shape index (κ1) is 15.4. The van der Waals surface area contributed by atoms with Gasteiger partial charge in [-0.1, -0.05) is 13.8 Å². The van der Waals surface area contributed by atoms with Gasteiger partial charge >= 0.3 is 0 Å². The third-order valence-electron chi connectivity index (χ3n) is 2.87. The molecule has 0 saturated heterocycles. The van der Waals surface area contributed by atoms with Gasteiger partial charge in [0.15, 0.2) is 0 Å². The fraction of sp³-hybridized carbons (Fsp3) is 0.714. The first-order chi connectivity index (χ1) is 8.54. The van der Waals surface area contributed by atoms with Gasteiger partial charge in [0.2, 0.25) is 0 Å². The summed E-state index contributed by atoms with van der Waals surface area (Å²) in [6.07, 6.45) is 2.21. The summed E-state index contributed by atoms with van der Waals surface area (Å²) in [6, 6.07) is 0. The van der Waals surface area contributed by atoms with Crippen LogP contribution < -0.4 is 5.32 Å². The monoisotopic (exact) mass is 267 g/mol. The lowest BCUT2D eigenvalue weighted by Gasteiger charge is -2.11. The van der Waals surface area contributed by atoms with Crippen LogP contribution >= 0.6 is 11.8 Å². The van der Waals surface area contributed by atoms with E-state index in [1.54, 1.807) is 0 Å². The van der Waals surface area contributed by atoms with E-state index in [0.29, 0.717) is 5.25 Å². The molecule has 0 bridgehead atoms. The smallest absolute Gasteiger partial charge is 0.138 e. The number of nitrogens with one attached hydrogen (secondary N) is 1. The molecule has 0 aliphatic heterocycles. The summed E-state index contributed by atoms with van der Waals surface area (Å²) >= 11 is 1.89. The summed E-state index contributed by atoms with van der Waals surface area (Å²) in [5.74, 6) is 1.89. The van der Waals surface area contributed by atoms with Crippen LogP contribution in [-0.4, -0.2) is 28.8 Å². The molecule has 0 saturated carbocycles. The van der Waals surface area contributed by atoms with E-state index in [0.717, 1.165) is 42.4 Å². The first-order valence-corrected chi connectivity index (χ1v) is 7.68. The zero-order valence-electron chi connectivity index (χ0n) is 12.2. The number of hydrogen-bond donors (Lipinski definition) is 1. The Balaban J connectivity index is 2.71. The van der Waals surface area contributed by atoms with E-state index >= 15 is 0 Å². The summed E-state index contributed by atoms with van der Waals surface area (Å²) in [6.45, 7) is 9.66. The number of thioether (sulfide) groups is 1. The van der Waals surface area contributed by atoms with Crippen LogP contribution in [0.1, 0.15) is 43.0 Å². The van der Waals surface area contributed by atoms with E-state index in [4.69, 9.17) is 0 Å². The molecule has 1 aromatic rings. The summed E-state index contributed by atoms with van der Waals surface area (Å²) in [4.78, 5) is 9.26. The number of nitrogens with zero attached hydrogens (tertiary/aromatic N) is 2. The molecule has 0 unspecified atom stereocenters. The number of aryl methyl sites for hydroxylation is 2. The normalized spacial score (nSPS) is 11.2. The van der Waals surface area contributed by atoms with Crippen LogP contribution in [0.25, 0.3) is 0 Å². The summed E-state index contributed by atoms with van der Waals surface area (Å²) in [5, 5.41) is 3.81. The van der Waals surface area contributed by atoms with Crippen molar-refractivity contribution in [3.8, 4) is 0 Å². The average molecular weight is 267 g/mol. The highest BCUT2D eigenvalue weighted by atomic mass is 32.2. The van der Waals surface area contributed by atoms with Crippen molar-refractivity contribution in [3.63, 3.8) is 0 Å². The van der Waals surface area contributed by atoms with Gasteiger partial charge in [-0.15, -0.1) is 0 Å². The Morgan fingerprint density at radius 3 is 2.28 bits per heavy atom. The molecule has 0 aromatic carbocycles. The molecule has 0 atom stereocenters. The Kier molecular flexibility index (Phi) is 6.65. The number of aromatic nitrogens is 2. The third-order valence-corrected chi connectivity index (χ3v) is 3.96. The van der Waals surface area contributed by atoms with Crippen LogP contribution in [0.5, 0.6) is 0 Å². The zero-order valence-corrected chi connectivity index (χ0v) is 13.0. The van der Waals surface area contributed by atoms with E-state index < -0.39 is 0 Å². The highest BCUT2D eigenvalue weighted by molar-refractivity contribution is 7.99. The molecule has 0 amide bonds. The van der Waals surface area contributed by atoms with Crippen molar-refractivity contribution < 1.29 is 0 Å². The Bertz CT molecular complexity index is 354. The molecular formula is C14H25N3S. The van der Waals surface area contributed by atoms with Gasteiger partial charge < -0.3 is 5.32 Å². The third kappa shape index (κ3) is 4.94. The van der Waals surface area contributed by atoms with Gasteiger partial charge in [0, 0.05) is 11.4 Å². The molecule has 102 valence electrons. The van der Waals surface area contributed by atoms with Gasteiger partial charge in [0.05, 0.1) is 5.75 Å². The molecule has 1 heterocycles. The van der Waals surface area contributed by atoms with Gasteiger partial charge in [-0.05, 0) is 51.1 Å². The lowest BCUT2D eigenvalue weighted by atomic mass is 10.1. The Hall–Kier alpha value is -0.610. The maximum Gasteiger partial charge on any atom is 0.138 e. The molecule has 1 N–H and O–H groups in total. The van der Waals surface area contributed by atoms with Crippen LogP contribution in [0.2, 0.25) is 0 Å². The fourth-order valence-corrected chi connectivity index (χ4v) is 2.53. The summed E-state index contributed by atoms with van der Waals surface area (Å²) in [5.41, 5.74) is 3.62. The van der Waals surface area contributed by atoms with Crippen LogP contribution in [0, 0.1) is 13.8 Å². The van der Waals surface area contributed by atoms with Crippen molar-refractivity contribution in [1.82, 2.24) is 15.3 Å². The van der Waals surface area contributed by atoms with E-state index in [1.807, 2.05) is 18.8 Å². The minimum atomic E-state index is 0.629. The summed E-state index contributed by atoms with van der Waals surface area (Å²) in [7, 11) is 1.99. The lowest BCUT2D eigenvalue weighted by molar-refractivity contribution is 0.713. The predicted octanol–water partition coefficient (Wildman–Crippen LogP) is 2.89. The molecule has 0 fully saturated rings. The standard InChI is InChI=1S/C14H25N3S/c1-10(2)18-9-14-16-11(3)13(12(4)17-14)7-6-8-15-5/h10,15H,6-9H2,1-5H3. The Morgan fingerprint density at radius 1 is 1.17 bits per heavy atom. The Morgan fingerprint density at radius 2 is 1.78 bits per heavy atom. The van der Waals surface area contributed by atoms with Gasteiger partial charge in [0.25, 0.3) is 0 Å². The second kappa shape index (κ2) is 7.74.